The summed E-state index contributed by atoms with van der Waals surface area (Å²) in [4.78, 5) is 15.8. The van der Waals surface area contributed by atoms with E-state index in [4.69, 9.17) is 0 Å². The fourth-order valence-electron chi connectivity index (χ4n) is 3.49. The van der Waals surface area contributed by atoms with E-state index in [1.807, 2.05) is 30.3 Å². The Balaban J connectivity index is 1.66. The lowest BCUT2D eigenvalue weighted by Gasteiger charge is -2.36. The summed E-state index contributed by atoms with van der Waals surface area (Å²) in [6.45, 7) is 2.03. The Labute approximate surface area is 119 Å². The van der Waals surface area contributed by atoms with Gasteiger partial charge in [0.1, 0.15) is 0 Å². The number of piperidine rings is 1. The first-order chi connectivity index (χ1) is 9.15. The fraction of sp³-hybridized carbons (Fsp3) is 0.667. The highest BCUT2D eigenvalue weighted by molar-refractivity contribution is 7.10. The lowest BCUT2D eigenvalue weighted by atomic mass is 9.97. The van der Waals surface area contributed by atoms with Gasteiger partial charge in [-0.05, 0) is 44.1 Å². The Morgan fingerprint density at radius 2 is 2.11 bits per heavy atom. The molecule has 1 amide bonds. The van der Waals surface area contributed by atoms with Crippen LogP contribution >= 0.6 is 11.3 Å². The first-order valence-corrected chi connectivity index (χ1v) is 8.09. The molecule has 2 fully saturated rings. The molecule has 0 aromatic carbocycles. The van der Waals surface area contributed by atoms with Crippen LogP contribution in [-0.4, -0.2) is 36.0 Å². The predicted octanol–water partition coefficient (Wildman–Crippen LogP) is 2.59. The summed E-state index contributed by atoms with van der Waals surface area (Å²) in [5.74, 6) is 0.270. The van der Waals surface area contributed by atoms with Gasteiger partial charge in [0.2, 0.25) is 5.91 Å². The van der Waals surface area contributed by atoms with Gasteiger partial charge in [0.15, 0.2) is 0 Å². The number of nitrogens with zero attached hydrogens (tertiary/aromatic N) is 1. The van der Waals surface area contributed by atoms with Crippen molar-refractivity contribution in [3.63, 3.8) is 0 Å². The van der Waals surface area contributed by atoms with Gasteiger partial charge in [-0.25, -0.2) is 0 Å². The SMILES string of the molecule is CC(C(=O)N(C)C1CC2CCC(C1)N2)c1cccs1. The van der Waals surface area contributed by atoms with Crippen molar-refractivity contribution in [2.45, 2.75) is 56.7 Å². The van der Waals surface area contributed by atoms with Gasteiger partial charge in [-0.15, -0.1) is 11.3 Å². The van der Waals surface area contributed by atoms with Crippen LogP contribution in [0.2, 0.25) is 0 Å². The summed E-state index contributed by atoms with van der Waals surface area (Å²) < 4.78 is 0. The number of hydrogen-bond acceptors (Lipinski definition) is 3. The molecule has 3 atom stereocenters. The van der Waals surface area contributed by atoms with Gasteiger partial charge in [0.05, 0.1) is 5.92 Å². The number of amides is 1. The van der Waals surface area contributed by atoms with Crippen molar-refractivity contribution in [2.24, 2.45) is 0 Å². The largest absolute Gasteiger partial charge is 0.342 e. The number of likely N-dealkylation sites (N-methyl/N-ethyl adjacent to an activating group) is 1. The molecule has 1 aromatic heterocycles. The first-order valence-electron chi connectivity index (χ1n) is 7.21. The Hall–Kier alpha value is -0.870. The number of nitrogens with one attached hydrogen (secondary N) is 1. The number of fused-ring (bicyclic) bond motifs is 2. The Kier molecular flexibility index (Phi) is 3.63. The maximum absolute atomic E-state index is 12.6. The molecule has 2 aliphatic heterocycles. The van der Waals surface area contributed by atoms with Gasteiger partial charge in [0, 0.05) is 30.1 Å². The highest BCUT2D eigenvalue weighted by Crippen LogP contribution is 2.31. The number of thiophene rings is 1. The molecule has 3 nitrogen and oxygen atoms in total. The van der Waals surface area contributed by atoms with Crippen LogP contribution in [0.25, 0.3) is 0 Å². The van der Waals surface area contributed by atoms with Crippen LogP contribution in [0, 0.1) is 0 Å². The topological polar surface area (TPSA) is 32.3 Å². The third-order valence-electron chi connectivity index (χ3n) is 4.68. The van der Waals surface area contributed by atoms with E-state index < -0.39 is 0 Å². The molecular weight excluding hydrogens is 256 g/mol. The molecule has 0 spiro atoms. The van der Waals surface area contributed by atoms with Crippen LogP contribution in [-0.2, 0) is 4.79 Å². The molecule has 0 saturated carbocycles. The number of carbonyl (C=O) groups excluding carboxylic acids is 1. The molecule has 2 aliphatic rings. The van der Waals surface area contributed by atoms with E-state index in [9.17, 15) is 4.79 Å². The van der Waals surface area contributed by atoms with Crippen LogP contribution < -0.4 is 5.32 Å². The third-order valence-corrected chi connectivity index (χ3v) is 5.74. The van der Waals surface area contributed by atoms with Crippen molar-refractivity contribution in [3.8, 4) is 0 Å². The lowest BCUT2D eigenvalue weighted by Crippen LogP contribution is -2.49. The number of rotatable bonds is 3. The van der Waals surface area contributed by atoms with E-state index in [1.54, 1.807) is 11.3 Å². The molecule has 104 valence electrons. The summed E-state index contributed by atoms with van der Waals surface area (Å²) in [5, 5.41) is 5.68. The van der Waals surface area contributed by atoms with Gasteiger partial charge in [-0.3, -0.25) is 4.79 Å². The molecule has 4 heteroatoms. The zero-order chi connectivity index (χ0) is 13.4. The molecule has 1 aromatic rings. The molecule has 2 saturated heterocycles. The minimum Gasteiger partial charge on any atom is -0.342 e. The zero-order valence-electron chi connectivity index (χ0n) is 11.6. The summed E-state index contributed by atoms with van der Waals surface area (Å²) in [7, 11) is 1.99. The monoisotopic (exact) mass is 278 g/mol. The summed E-state index contributed by atoms with van der Waals surface area (Å²) in [6.07, 6.45) is 4.80. The molecule has 3 rings (SSSR count). The lowest BCUT2D eigenvalue weighted by molar-refractivity contribution is -0.133. The van der Waals surface area contributed by atoms with Crippen LogP contribution in [0.4, 0.5) is 0 Å². The van der Waals surface area contributed by atoms with Crippen molar-refractivity contribution < 1.29 is 4.79 Å². The minimum atomic E-state index is -0.00228. The highest BCUT2D eigenvalue weighted by atomic mass is 32.1. The smallest absolute Gasteiger partial charge is 0.230 e. The van der Waals surface area contributed by atoms with Crippen LogP contribution in [0.15, 0.2) is 17.5 Å². The van der Waals surface area contributed by atoms with Gasteiger partial charge in [-0.1, -0.05) is 6.07 Å². The summed E-state index contributed by atoms with van der Waals surface area (Å²) >= 11 is 1.68. The Morgan fingerprint density at radius 1 is 1.42 bits per heavy atom. The van der Waals surface area contributed by atoms with Crippen molar-refractivity contribution in [2.75, 3.05) is 7.05 Å². The highest BCUT2D eigenvalue weighted by Gasteiger charge is 2.37. The third kappa shape index (κ3) is 2.56. The van der Waals surface area contributed by atoms with E-state index in [-0.39, 0.29) is 11.8 Å². The number of hydrogen-bond donors (Lipinski definition) is 1. The second kappa shape index (κ2) is 5.25. The van der Waals surface area contributed by atoms with Crippen LogP contribution in [0.5, 0.6) is 0 Å². The normalized spacial score (nSPS) is 31.2. The van der Waals surface area contributed by atoms with Crippen LogP contribution in [0.1, 0.15) is 43.4 Å². The van der Waals surface area contributed by atoms with Gasteiger partial charge >= 0.3 is 0 Å². The van der Waals surface area contributed by atoms with Crippen molar-refractivity contribution in [1.29, 1.82) is 0 Å². The predicted molar refractivity (Wildman–Crippen MR) is 78.5 cm³/mol. The molecule has 2 bridgehead atoms. The second-order valence-corrected chi connectivity index (χ2v) is 6.93. The Morgan fingerprint density at radius 3 is 2.68 bits per heavy atom. The summed E-state index contributed by atoms with van der Waals surface area (Å²) in [6, 6.07) is 5.78. The molecule has 3 unspecified atom stereocenters. The van der Waals surface area contributed by atoms with E-state index in [1.165, 1.54) is 17.7 Å². The van der Waals surface area contributed by atoms with Crippen LogP contribution in [0.3, 0.4) is 0 Å². The molecule has 1 N–H and O–H groups in total. The molecule has 0 radical (unpaired) electrons. The molecule has 0 aliphatic carbocycles. The van der Waals surface area contributed by atoms with E-state index in [2.05, 4.69) is 11.4 Å². The first kappa shape index (κ1) is 13.1. The van der Waals surface area contributed by atoms with Gasteiger partial charge in [-0.2, -0.15) is 0 Å². The standard InChI is InChI=1S/C15H22N2OS/c1-10(14-4-3-7-19-14)15(18)17(2)13-8-11-5-6-12(9-13)16-11/h3-4,7,10-13,16H,5-6,8-9H2,1-2H3. The fourth-order valence-corrected chi connectivity index (χ4v) is 4.26. The maximum atomic E-state index is 12.6. The van der Waals surface area contributed by atoms with Gasteiger partial charge < -0.3 is 10.2 Å². The average Bonchev–Trinajstić information content (AvgIpc) is 3.06. The second-order valence-electron chi connectivity index (χ2n) is 5.95. The van der Waals surface area contributed by atoms with Gasteiger partial charge in [0.25, 0.3) is 0 Å². The quantitative estimate of drug-likeness (QED) is 0.921. The Bertz CT molecular complexity index is 433. The minimum absolute atomic E-state index is 0.00228. The number of carbonyl (C=O) groups is 1. The van der Waals surface area contributed by atoms with Crippen molar-refractivity contribution in [3.05, 3.63) is 22.4 Å². The average molecular weight is 278 g/mol. The molecular formula is C15H22N2OS. The van der Waals surface area contributed by atoms with Crippen molar-refractivity contribution in [1.82, 2.24) is 10.2 Å². The molecule has 3 heterocycles. The van der Waals surface area contributed by atoms with E-state index in [0.29, 0.717) is 18.1 Å². The van der Waals surface area contributed by atoms with E-state index in [0.717, 1.165) is 12.8 Å². The molecule has 19 heavy (non-hydrogen) atoms. The maximum Gasteiger partial charge on any atom is 0.230 e. The van der Waals surface area contributed by atoms with Crippen molar-refractivity contribution >= 4 is 17.2 Å². The summed E-state index contributed by atoms with van der Waals surface area (Å²) in [5.41, 5.74) is 0. The van der Waals surface area contributed by atoms with E-state index >= 15 is 0 Å². The zero-order valence-corrected chi connectivity index (χ0v) is 12.5.